The molecule has 0 saturated carbocycles. The van der Waals surface area contributed by atoms with Gasteiger partial charge in [-0.15, -0.1) is 5.10 Å². The summed E-state index contributed by atoms with van der Waals surface area (Å²) in [5, 5.41) is 20.3. The maximum Gasteiger partial charge on any atom is 0.330 e. The van der Waals surface area contributed by atoms with Gasteiger partial charge >= 0.3 is 7.60 Å². The Labute approximate surface area is 200 Å². The molecule has 0 unspecified atom stereocenters. The summed E-state index contributed by atoms with van der Waals surface area (Å²) in [6.45, 7) is 4.29. The molecule has 35 heavy (non-hydrogen) atoms. The summed E-state index contributed by atoms with van der Waals surface area (Å²) in [6, 6.07) is 7.38. The first-order chi connectivity index (χ1) is 16.8. The predicted octanol–water partition coefficient (Wildman–Crippen LogP) is 3.79. The van der Waals surface area contributed by atoms with E-state index in [2.05, 4.69) is 10.3 Å². The topological polar surface area (TPSA) is 147 Å². The molecule has 0 atom stereocenters. The van der Waals surface area contributed by atoms with E-state index in [9.17, 15) is 24.3 Å². The van der Waals surface area contributed by atoms with Crippen LogP contribution in [0.2, 0.25) is 0 Å². The van der Waals surface area contributed by atoms with Gasteiger partial charge in [0.25, 0.3) is 17.5 Å². The lowest BCUT2D eigenvalue weighted by Crippen LogP contribution is -2.39. The van der Waals surface area contributed by atoms with Crippen LogP contribution in [0, 0.1) is 10.1 Å². The second-order valence-electron chi connectivity index (χ2n) is 7.85. The second kappa shape index (κ2) is 10.0. The number of aryl methyl sites for hydroxylation is 1. The van der Waals surface area contributed by atoms with Gasteiger partial charge in [0.15, 0.2) is 0 Å². The van der Waals surface area contributed by atoms with Gasteiger partial charge in [0.2, 0.25) is 0 Å². The van der Waals surface area contributed by atoms with Crippen LogP contribution in [0.15, 0.2) is 36.5 Å². The zero-order valence-corrected chi connectivity index (χ0v) is 20.1. The van der Waals surface area contributed by atoms with Gasteiger partial charge in [0.05, 0.1) is 42.6 Å². The number of imide groups is 1. The van der Waals surface area contributed by atoms with Crippen molar-refractivity contribution < 1.29 is 28.1 Å². The van der Waals surface area contributed by atoms with E-state index in [-0.39, 0.29) is 37.2 Å². The molecule has 0 spiro atoms. The van der Waals surface area contributed by atoms with Gasteiger partial charge in [-0.3, -0.25) is 33.9 Å². The molecule has 184 valence electrons. The van der Waals surface area contributed by atoms with Crippen molar-refractivity contribution >= 4 is 35.9 Å². The minimum Gasteiger partial charge on any atom is -0.309 e. The average Bonchev–Trinajstić information content (AvgIpc) is 3.27. The number of amides is 2. The number of carbonyl (C=O) groups is 2. The van der Waals surface area contributed by atoms with Crippen LogP contribution in [-0.4, -0.2) is 56.0 Å². The highest BCUT2D eigenvalue weighted by Gasteiger charge is 2.35. The van der Waals surface area contributed by atoms with Crippen molar-refractivity contribution in [1.29, 1.82) is 0 Å². The highest BCUT2D eigenvalue weighted by molar-refractivity contribution is 7.53. The molecular weight excluding hydrogens is 477 g/mol. The Bertz CT molecular complexity index is 1350. The Morgan fingerprint density at radius 3 is 2.49 bits per heavy atom. The molecule has 0 aliphatic carbocycles. The zero-order chi connectivity index (χ0) is 25.2. The second-order valence-corrected chi connectivity index (χ2v) is 10.0. The summed E-state index contributed by atoms with van der Waals surface area (Å²) in [5.74, 6) is -1.14. The largest absolute Gasteiger partial charge is 0.330 e. The van der Waals surface area contributed by atoms with Gasteiger partial charge < -0.3 is 9.05 Å². The first-order valence-corrected chi connectivity index (χ1v) is 12.8. The molecular formula is C22H24N5O7P. The summed E-state index contributed by atoms with van der Waals surface area (Å²) in [6.07, 6.45) is 2.27. The third kappa shape index (κ3) is 5.00. The van der Waals surface area contributed by atoms with Crippen LogP contribution in [0.3, 0.4) is 0 Å². The first-order valence-electron chi connectivity index (χ1n) is 11.1. The van der Waals surface area contributed by atoms with Crippen LogP contribution >= 0.6 is 7.60 Å². The molecule has 0 N–H and O–H groups in total. The van der Waals surface area contributed by atoms with E-state index in [0.717, 1.165) is 4.90 Å². The number of nitro benzene ring substituents is 1. The summed E-state index contributed by atoms with van der Waals surface area (Å²) < 4.78 is 24.7. The van der Waals surface area contributed by atoms with Crippen molar-refractivity contribution in [3.63, 3.8) is 0 Å². The lowest BCUT2D eigenvalue weighted by molar-refractivity contribution is -0.384. The Morgan fingerprint density at radius 2 is 1.80 bits per heavy atom. The molecule has 13 heteroatoms. The fraction of sp³-hybridized carbons (Fsp3) is 0.364. The normalized spacial score (nSPS) is 13.6. The average molecular weight is 501 g/mol. The molecule has 2 aromatic carbocycles. The van der Waals surface area contributed by atoms with Crippen molar-refractivity contribution in [2.45, 2.75) is 33.4 Å². The lowest BCUT2D eigenvalue weighted by atomic mass is 9.93. The molecule has 2 heterocycles. The predicted molar refractivity (Wildman–Crippen MR) is 125 cm³/mol. The summed E-state index contributed by atoms with van der Waals surface area (Å²) in [4.78, 5) is 38.1. The molecule has 3 aromatic rings. The maximum absolute atomic E-state index is 13.2. The van der Waals surface area contributed by atoms with Gasteiger partial charge in [-0.1, -0.05) is 17.3 Å². The van der Waals surface area contributed by atoms with Crippen molar-refractivity contribution in [3.8, 4) is 0 Å². The number of nitrogens with zero attached hydrogens (tertiary/aromatic N) is 5. The number of rotatable bonds is 11. The molecule has 0 fully saturated rings. The summed E-state index contributed by atoms with van der Waals surface area (Å²) in [5.41, 5.74) is 0.529. The number of non-ortho nitro benzene ring substituents is 1. The van der Waals surface area contributed by atoms with Crippen molar-refractivity contribution in [2.75, 3.05) is 19.4 Å². The molecule has 0 saturated heterocycles. The summed E-state index contributed by atoms with van der Waals surface area (Å²) >= 11 is 0. The van der Waals surface area contributed by atoms with Crippen LogP contribution in [0.5, 0.6) is 0 Å². The van der Waals surface area contributed by atoms with Crippen LogP contribution in [0.1, 0.15) is 46.7 Å². The fourth-order valence-corrected chi connectivity index (χ4v) is 5.71. The number of hydrogen-bond acceptors (Lipinski definition) is 9. The van der Waals surface area contributed by atoms with E-state index < -0.39 is 24.3 Å². The Kier molecular flexibility index (Phi) is 7.06. The smallest absolute Gasteiger partial charge is 0.309 e. The highest BCUT2D eigenvalue weighted by atomic mass is 31.2. The van der Waals surface area contributed by atoms with Gasteiger partial charge in [0.1, 0.15) is 5.69 Å². The zero-order valence-electron chi connectivity index (χ0n) is 19.2. The number of aromatic nitrogens is 3. The fourth-order valence-electron chi connectivity index (χ4n) is 4.06. The van der Waals surface area contributed by atoms with E-state index in [1.54, 1.807) is 38.2 Å². The molecule has 0 bridgehead atoms. The van der Waals surface area contributed by atoms with Crippen LogP contribution < -0.4 is 0 Å². The Balaban J connectivity index is 1.50. The Morgan fingerprint density at radius 1 is 1.09 bits per heavy atom. The standard InChI is InChI=1S/C22H24N5O7P/c1-3-33-35(32,34-4-2)10-6-9-25-13-16(23-24-25)14-26-21(28)18-8-5-7-15-11-17(27(30)31)12-19(20(15)18)22(26)29/h5,7-8,11-13H,3-4,6,9-10,14H2,1-2H3. The van der Waals surface area contributed by atoms with Gasteiger partial charge in [-0.05, 0) is 31.7 Å². The van der Waals surface area contributed by atoms with E-state index in [1.807, 2.05) is 0 Å². The molecule has 2 amide bonds. The quantitative estimate of drug-likeness (QED) is 0.166. The monoisotopic (exact) mass is 501 g/mol. The number of benzene rings is 2. The van der Waals surface area contributed by atoms with Crippen LogP contribution in [-0.2, 0) is 26.7 Å². The third-order valence-corrected chi connectivity index (χ3v) is 7.67. The van der Waals surface area contributed by atoms with E-state index in [1.165, 1.54) is 16.8 Å². The number of carbonyl (C=O) groups excluding carboxylic acids is 2. The minimum atomic E-state index is -3.16. The molecule has 12 nitrogen and oxygen atoms in total. The van der Waals surface area contributed by atoms with Crippen molar-refractivity contribution in [3.05, 3.63) is 63.5 Å². The van der Waals surface area contributed by atoms with Crippen molar-refractivity contribution in [1.82, 2.24) is 19.9 Å². The van der Waals surface area contributed by atoms with E-state index in [4.69, 9.17) is 9.05 Å². The van der Waals surface area contributed by atoms with Crippen molar-refractivity contribution in [2.24, 2.45) is 0 Å². The highest BCUT2D eigenvalue weighted by Crippen LogP contribution is 2.48. The minimum absolute atomic E-state index is 0.0967. The third-order valence-electron chi connectivity index (χ3n) is 5.50. The van der Waals surface area contributed by atoms with Gasteiger partial charge in [0, 0.05) is 29.6 Å². The van der Waals surface area contributed by atoms with Crippen LogP contribution in [0.25, 0.3) is 10.8 Å². The molecule has 4 rings (SSSR count). The van der Waals surface area contributed by atoms with Crippen LogP contribution in [0.4, 0.5) is 5.69 Å². The number of nitro groups is 1. The van der Waals surface area contributed by atoms with E-state index in [0.29, 0.717) is 35.0 Å². The molecule has 1 aliphatic heterocycles. The molecule has 1 aromatic heterocycles. The van der Waals surface area contributed by atoms with E-state index >= 15 is 0 Å². The lowest BCUT2D eigenvalue weighted by Gasteiger charge is -2.26. The maximum atomic E-state index is 13.2. The van der Waals surface area contributed by atoms with Gasteiger partial charge in [-0.25, -0.2) is 0 Å². The molecule has 1 aliphatic rings. The van der Waals surface area contributed by atoms with Gasteiger partial charge in [-0.2, -0.15) is 0 Å². The first kappa shape index (κ1) is 24.6. The SMILES string of the molecule is CCOP(=O)(CCCn1cc(CN2C(=O)c3cccc4cc([N+](=O)[O-])cc(c34)C2=O)nn1)OCC. The number of hydrogen-bond donors (Lipinski definition) is 0. The molecule has 0 radical (unpaired) electrons. The Hall–Kier alpha value is -3.47. The summed E-state index contributed by atoms with van der Waals surface area (Å²) in [7, 11) is -3.16.